The Hall–Kier alpha value is -2.17. The number of halogens is 1. The predicted molar refractivity (Wildman–Crippen MR) is 95.1 cm³/mol. The van der Waals surface area contributed by atoms with Crippen molar-refractivity contribution in [3.05, 3.63) is 64.7 Å². The third-order valence-electron chi connectivity index (χ3n) is 4.53. The zero-order valence-corrected chi connectivity index (χ0v) is 14.0. The fourth-order valence-corrected chi connectivity index (χ4v) is 3.61. The van der Waals surface area contributed by atoms with E-state index in [9.17, 15) is 15.3 Å². The van der Waals surface area contributed by atoms with E-state index in [1.165, 1.54) is 0 Å². The van der Waals surface area contributed by atoms with Gasteiger partial charge in [-0.25, -0.2) is 0 Å². The van der Waals surface area contributed by atoms with E-state index in [-0.39, 0.29) is 28.2 Å². The van der Waals surface area contributed by atoms with Crippen molar-refractivity contribution in [1.82, 2.24) is 4.90 Å². The lowest BCUT2D eigenvalue weighted by Crippen LogP contribution is -2.28. The summed E-state index contributed by atoms with van der Waals surface area (Å²) in [7, 11) is 0. The van der Waals surface area contributed by atoms with Gasteiger partial charge in [0.15, 0.2) is 11.5 Å². The average Bonchev–Trinajstić information content (AvgIpc) is 2.74. The van der Waals surface area contributed by atoms with Crippen molar-refractivity contribution in [2.75, 3.05) is 19.6 Å². The largest absolute Gasteiger partial charge is 0.508 e. The molecule has 0 aromatic heterocycles. The second-order valence-corrected chi connectivity index (χ2v) is 6.45. The summed E-state index contributed by atoms with van der Waals surface area (Å²) in [6.07, 6.45) is 2.55. The number of hydrogen-bond acceptors (Lipinski definition) is 4. The van der Waals surface area contributed by atoms with Gasteiger partial charge in [0.1, 0.15) is 5.75 Å². The molecule has 0 aliphatic carbocycles. The van der Waals surface area contributed by atoms with E-state index in [0.717, 1.165) is 36.3 Å². The first kappa shape index (κ1) is 16.7. The van der Waals surface area contributed by atoms with Crippen LogP contribution in [0.2, 0.25) is 5.02 Å². The number of phenolic OH excluding ortho intramolecular Hbond substituents is 3. The van der Waals surface area contributed by atoms with Crippen LogP contribution in [0.25, 0.3) is 0 Å². The van der Waals surface area contributed by atoms with Crippen LogP contribution in [-0.2, 0) is 6.42 Å². The number of fused-ring (bicyclic) bond motifs is 1. The molecule has 0 radical (unpaired) electrons. The van der Waals surface area contributed by atoms with Crippen molar-refractivity contribution in [2.24, 2.45) is 0 Å². The Morgan fingerprint density at radius 2 is 1.92 bits per heavy atom. The topological polar surface area (TPSA) is 63.9 Å². The summed E-state index contributed by atoms with van der Waals surface area (Å²) in [6, 6.07) is 8.66. The summed E-state index contributed by atoms with van der Waals surface area (Å²) in [5.74, 6) is -0.286. The van der Waals surface area contributed by atoms with Crippen molar-refractivity contribution in [1.29, 1.82) is 0 Å². The van der Waals surface area contributed by atoms with Gasteiger partial charge >= 0.3 is 0 Å². The zero-order chi connectivity index (χ0) is 17.3. The smallest absolute Gasteiger partial charge is 0.176 e. The predicted octanol–water partition coefficient (Wildman–Crippen LogP) is 3.63. The molecule has 5 heteroatoms. The molecule has 1 aliphatic heterocycles. The van der Waals surface area contributed by atoms with E-state index < -0.39 is 0 Å². The highest BCUT2D eigenvalue weighted by Gasteiger charge is 2.28. The Morgan fingerprint density at radius 1 is 1.21 bits per heavy atom. The quantitative estimate of drug-likeness (QED) is 0.587. The summed E-state index contributed by atoms with van der Waals surface area (Å²) >= 11 is 6.30. The Morgan fingerprint density at radius 3 is 2.58 bits per heavy atom. The normalized spacial score (nSPS) is 18.0. The van der Waals surface area contributed by atoms with E-state index in [1.54, 1.807) is 18.2 Å². The monoisotopic (exact) mass is 345 g/mol. The van der Waals surface area contributed by atoms with Gasteiger partial charge in [-0.3, -0.25) is 4.90 Å². The first-order chi connectivity index (χ1) is 11.5. The minimum absolute atomic E-state index is 0.0213. The molecule has 2 aromatic rings. The lowest BCUT2D eigenvalue weighted by molar-refractivity contribution is 0.306. The highest BCUT2D eigenvalue weighted by atomic mass is 35.5. The van der Waals surface area contributed by atoms with Gasteiger partial charge in [0.05, 0.1) is 5.02 Å². The van der Waals surface area contributed by atoms with Crippen LogP contribution in [0.1, 0.15) is 22.6 Å². The molecule has 2 aromatic carbocycles. The van der Waals surface area contributed by atoms with Crippen LogP contribution in [0.5, 0.6) is 17.2 Å². The second-order valence-electron chi connectivity index (χ2n) is 6.07. The van der Waals surface area contributed by atoms with Crippen molar-refractivity contribution < 1.29 is 15.3 Å². The third-order valence-corrected chi connectivity index (χ3v) is 4.94. The highest BCUT2D eigenvalue weighted by Crippen LogP contribution is 2.43. The van der Waals surface area contributed by atoms with Gasteiger partial charge in [0, 0.05) is 25.6 Å². The molecule has 0 unspecified atom stereocenters. The molecule has 0 fully saturated rings. The van der Waals surface area contributed by atoms with Crippen LogP contribution in [0.15, 0.2) is 43.0 Å². The van der Waals surface area contributed by atoms with E-state index in [2.05, 4.69) is 11.5 Å². The Kier molecular flexibility index (Phi) is 4.69. The first-order valence-corrected chi connectivity index (χ1v) is 8.24. The summed E-state index contributed by atoms with van der Waals surface area (Å²) in [5.41, 5.74) is 2.79. The van der Waals surface area contributed by atoms with E-state index in [0.29, 0.717) is 6.42 Å². The third kappa shape index (κ3) is 3.07. The Balaban J connectivity index is 2.13. The van der Waals surface area contributed by atoms with Gasteiger partial charge in [-0.1, -0.05) is 29.8 Å². The lowest BCUT2D eigenvalue weighted by Gasteiger charge is -2.24. The molecule has 1 atom stereocenters. The minimum atomic E-state index is -0.267. The standard InChI is InChI=1S/C19H20ClNO3/c1-2-8-21-9-7-14-15(10-17(23)19(24)18(14)20)16(11-21)12-3-5-13(22)6-4-12/h2-6,10,16,22-24H,1,7-9,11H2/t16-/m0/s1. The van der Waals surface area contributed by atoms with Crippen LogP contribution < -0.4 is 0 Å². The molecule has 24 heavy (non-hydrogen) atoms. The van der Waals surface area contributed by atoms with Crippen LogP contribution in [-0.4, -0.2) is 39.9 Å². The number of aromatic hydroxyl groups is 3. The fraction of sp³-hybridized carbons (Fsp3) is 0.263. The van der Waals surface area contributed by atoms with E-state index >= 15 is 0 Å². The maximum absolute atomic E-state index is 10.0. The Bertz CT molecular complexity index is 758. The molecular weight excluding hydrogens is 326 g/mol. The number of phenols is 3. The molecule has 0 saturated heterocycles. The van der Waals surface area contributed by atoms with E-state index in [1.807, 2.05) is 18.2 Å². The highest BCUT2D eigenvalue weighted by molar-refractivity contribution is 6.33. The number of nitrogens with zero attached hydrogens (tertiary/aromatic N) is 1. The molecule has 0 spiro atoms. The molecule has 3 N–H and O–H groups in total. The molecule has 4 nitrogen and oxygen atoms in total. The van der Waals surface area contributed by atoms with Gasteiger partial charge in [-0.05, 0) is 41.3 Å². The number of hydrogen-bond donors (Lipinski definition) is 3. The average molecular weight is 346 g/mol. The summed E-state index contributed by atoms with van der Waals surface area (Å²) in [5, 5.41) is 29.8. The minimum Gasteiger partial charge on any atom is -0.508 e. The summed E-state index contributed by atoms with van der Waals surface area (Å²) in [6.45, 7) is 6.09. The van der Waals surface area contributed by atoms with Crippen molar-refractivity contribution in [2.45, 2.75) is 12.3 Å². The van der Waals surface area contributed by atoms with Crippen molar-refractivity contribution >= 4 is 11.6 Å². The number of benzene rings is 2. The molecule has 3 rings (SSSR count). The van der Waals surface area contributed by atoms with Crippen LogP contribution >= 0.6 is 11.6 Å². The second kappa shape index (κ2) is 6.75. The zero-order valence-electron chi connectivity index (χ0n) is 13.2. The molecule has 1 aliphatic rings. The summed E-state index contributed by atoms with van der Waals surface area (Å²) < 4.78 is 0. The molecule has 1 heterocycles. The van der Waals surface area contributed by atoms with Crippen LogP contribution in [0.3, 0.4) is 0 Å². The summed E-state index contributed by atoms with van der Waals surface area (Å²) in [4.78, 5) is 2.26. The van der Waals surface area contributed by atoms with Crippen LogP contribution in [0, 0.1) is 0 Å². The van der Waals surface area contributed by atoms with Gasteiger partial charge < -0.3 is 15.3 Å². The first-order valence-electron chi connectivity index (χ1n) is 7.86. The molecule has 0 bridgehead atoms. The van der Waals surface area contributed by atoms with Gasteiger partial charge in [0.25, 0.3) is 0 Å². The molecule has 0 amide bonds. The van der Waals surface area contributed by atoms with Crippen LogP contribution in [0.4, 0.5) is 0 Å². The SMILES string of the molecule is C=CCN1CCc2c(cc(O)c(O)c2Cl)[C@H](c2ccc(O)cc2)C1. The number of rotatable bonds is 3. The molecule has 0 saturated carbocycles. The van der Waals surface area contributed by atoms with Gasteiger partial charge in [-0.2, -0.15) is 0 Å². The molecular formula is C19H20ClNO3. The van der Waals surface area contributed by atoms with Gasteiger partial charge in [0.2, 0.25) is 0 Å². The fourth-order valence-electron chi connectivity index (χ4n) is 3.31. The lowest BCUT2D eigenvalue weighted by atomic mass is 9.87. The van der Waals surface area contributed by atoms with Gasteiger partial charge in [-0.15, -0.1) is 6.58 Å². The van der Waals surface area contributed by atoms with Crippen molar-refractivity contribution in [3.63, 3.8) is 0 Å². The maximum Gasteiger partial charge on any atom is 0.176 e. The van der Waals surface area contributed by atoms with E-state index in [4.69, 9.17) is 11.6 Å². The van der Waals surface area contributed by atoms with Crippen molar-refractivity contribution in [3.8, 4) is 17.2 Å². The Labute approximate surface area is 146 Å². The molecule has 126 valence electrons. The maximum atomic E-state index is 10.0.